The molecule has 0 saturated heterocycles. The van der Waals surface area contributed by atoms with Gasteiger partial charge < -0.3 is 4.98 Å². The van der Waals surface area contributed by atoms with Crippen LogP contribution in [0.15, 0.2) is 42.5 Å². The van der Waals surface area contributed by atoms with Crippen molar-refractivity contribution in [1.29, 1.82) is 0 Å². The largest absolute Gasteiger partial charge is 0.330 e. The zero-order valence-electron chi connectivity index (χ0n) is 9.15. The topological polar surface area (TPSA) is 20.7 Å². The monoisotopic (exact) mass is 370 g/mol. The van der Waals surface area contributed by atoms with Gasteiger partial charge in [-0.15, -0.1) is 0 Å². The maximum Gasteiger partial charge on any atom is 0.182 e. The molecule has 90 valence electrons. The van der Waals surface area contributed by atoms with E-state index >= 15 is 0 Å². The van der Waals surface area contributed by atoms with Crippen molar-refractivity contribution in [2.45, 2.75) is 0 Å². The van der Waals surface area contributed by atoms with Gasteiger partial charge in [0.25, 0.3) is 0 Å². The van der Waals surface area contributed by atoms with Crippen LogP contribution in [-0.4, -0.2) is 9.55 Å². The zero-order chi connectivity index (χ0) is 12.7. The molecular formula is C13H8FIN2S. The Hall–Kier alpha value is -1.21. The number of hydrogen-bond acceptors (Lipinski definition) is 1. The lowest BCUT2D eigenvalue weighted by Crippen LogP contribution is -1.97. The number of halogens is 2. The summed E-state index contributed by atoms with van der Waals surface area (Å²) in [6.45, 7) is 0. The van der Waals surface area contributed by atoms with Crippen molar-refractivity contribution < 1.29 is 4.39 Å². The van der Waals surface area contributed by atoms with Gasteiger partial charge in [-0.05, 0) is 65.1 Å². The summed E-state index contributed by atoms with van der Waals surface area (Å²) in [5, 5.41) is 0. The SMILES string of the molecule is Fc1ccc(-n2c(=S)[nH]c3ccccc32)c(I)c1. The average molecular weight is 370 g/mol. The highest BCUT2D eigenvalue weighted by Gasteiger charge is 2.09. The Kier molecular flexibility index (Phi) is 2.95. The molecule has 1 heterocycles. The van der Waals surface area contributed by atoms with E-state index in [1.807, 2.05) is 28.8 Å². The van der Waals surface area contributed by atoms with Crippen molar-refractivity contribution in [3.63, 3.8) is 0 Å². The van der Waals surface area contributed by atoms with Gasteiger partial charge in [-0.1, -0.05) is 12.1 Å². The normalized spacial score (nSPS) is 11.0. The van der Waals surface area contributed by atoms with E-state index in [-0.39, 0.29) is 5.82 Å². The molecule has 1 aromatic heterocycles. The van der Waals surface area contributed by atoms with Gasteiger partial charge in [0.1, 0.15) is 5.82 Å². The van der Waals surface area contributed by atoms with Gasteiger partial charge in [0.05, 0.1) is 16.7 Å². The molecule has 18 heavy (non-hydrogen) atoms. The molecule has 0 bridgehead atoms. The molecule has 0 fully saturated rings. The van der Waals surface area contributed by atoms with E-state index in [0.29, 0.717) is 4.77 Å². The lowest BCUT2D eigenvalue weighted by Gasteiger charge is -2.07. The van der Waals surface area contributed by atoms with E-state index < -0.39 is 0 Å². The third kappa shape index (κ3) is 1.87. The first-order valence-corrected chi connectivity index (χ1v) is 6.81. The molecule has 5 heteroatoms. The summed E-state index contributed by atoms with van der Waals surface area (Å²) in [6.07, 6.45) is 0. The van der Waals surface area contributed by atoms with Gasteiger partial charge in [0, 0.05) is 3.57 Å². The first kappa shape index (κ1) is 11.9. The van der Waals surface area contributed by atoms with Gasteiger partial charge >= 0.3 is 0 Å². The van der Waals surface area contributed by atoms with Gasteiger partial charge in [-0.25, -0.2) is 4.39 Å². The number of para-hydroxylation sites is 2. The fourth-order valence-electron chi connectivity index (χ4n) is 1.96. The number of fused-ring (bicyclic) bond motifs is 1. The standard InChI is InChI=1S/C13H8FIN2S/c14-8-5-6-11(9(15)7-8)17-12-4-2-1-3-10(12)16-13(17)18/h1-7H,(H,16,18). The Morgan fingerprint density at radius 3 is 2.72 bits per heavy atom. The van der Waals surface area contributed by atoms with Crippen LogP contribution in [0.5, 0.6) is 0 Å². The Morgan fingerprint density at radius 1 is 1.17 bits per heavy atom. The maximum absolute atomic E-state index is 13.2. The number of imidazole rings is 1. The highest BCUT2D eigenvalue weighted by molar-refractivity contribution is 14.1. The zero-order valence-corrected chi connectivity index (χ0v) is 12.1. The van der Waals surface area contributed by atoms with Crippen molar-refractivity contribution >= 4 is 45.8 Å². The van der Waals surface area contributed by atoms with Crippen LogP contribution in [0.2, 0.25) is 0 Å². The van der Waals surface area contributed by atoms with E-state index in [9.17, 15) is 4.39 Å². The van der Waals surface area contributed by atoms with Gasteiger partial charge in [0.15, 0.2) is 4.77 Å². The quantitative estimate of drug-likeness (QED) is 0.497. The summed E-state index contributed by atoms with van der Waals surface area (Å²) in [5.41, 5.74) is 2.86. The van der Waals surface area contributed by atoms with Crippen LogP contribution < -0.4 is 0 Å². The van der Waals surface area contributed by atoms with E-state index in [4.69, 9.17) is 12.2 Å². The number of aromatic nitrogens is 2. The van der Waals surface area contributed by atoms with Gasteiger partial charge in [-0.2, -0.15) is 0 Å². The molecule has 2 nitrogen and oxygen atoms in total. The predicted molar refractivity (Wildman–Crippen MR) is 81.1 cm³/mol. The lowest BCUT2D eigenvalue weighted by atomic mass is 10.3. The first-order valence-electron chi connectivity index (χ1n) is 5.32. The van der Waals surface area contributed by atoms with E-state index in [2.05, 4.69) is 27.6 Å². The summed E-state index contributed by atoms with van der Waals surface area (Å²) in [6, 6.07) is 12.6. The minimum absolute atomic E-state index is 0.241. The maximum atomic E-state index is 13.2. The minimum Gasteiger partial charge on any atom is -0.330 e. The van der Waals surface area contributed by atoms with Crippen LogP contribution in [-0.2, 0) is 0 Å². The van der Waals surface area contributed by atoms with Crippen LogP contribution in [0, 0.1) is 14.2 Å². The average Bonchev–Trinajstić information content (AvgIpc) is 2.66. The summed E-state index contributed by atoms with van der Waals surface area (Å²) in [5.74, 6) is -0.241. The molecule has 0 unspecified atom stereocenters. The van der Waals surface area contributed by atoms with Crippen molar-refractivity contribution in [3.05, 3.63) is 56.6 Å². The number of H-pyrrole nitrogens is 1. The molecule has 0 saturated carbocycles. The Balaban J connectivity index is 2.38. The summed E-state index contributed by atoms with van der Waals surface area (Å²) in [4.78, 5) is 3.15. The second-order valence-electron chi connectivity index (χ2n) is 3.88. The number of nitrogens with zero attached hydrogens (tertiary/aromatic N) is 1. The number of benzene rings is 2. The van der Waals surface area contributed by atoms with Crippen LogP contribution in [0.3, 0.4) is 0 Å². The smallest absolute Gasteiger partial charge is 0.182 e. The fraction of sp³-hybridized carbons (Fsp3) is 0. The predicted octanol–water partition coefficient (Wildman–Crippen LogP) is 4.43. The number of rotatable bonds is 1. The summed E-state index contributed by atoms with van der Waals surface area (Å²) in [7, 11) is 0. The number of hydrogen-bond donors (Lipinski definition) is 1. The number of nitrogens with one attached hydrogen (secondary N) is 1. The molecule has 1 N–H and O–H groups in total. The van der Waals surface area contributed by atoms with Crippen molar-refractivity contribution in [3.8, 4) is 5.69 Å². The summed E-state index contributed by atoms with van der Waals surface area (Å²) < 4.78 is 16.5. The Bertz CT molecular complexity index is 791. The Morgan fingerprint density at radius 2 is 1.94 bits per heavy atom. The lowest BCUT2D eigenvalue weighted by molar-refractivity contribution is 0.626. The molecule has 0 aliphatic carbocycles. The molecule has 3 rings (SSSR count). The van der Waals surface area contributed by atoms with Gasteiger partial charge in [0.2, 0.25) is 0 Å². The van der Waals surface area contributed by atoms with E-state index in [0.717, 1.165) is 20.3 Å². The molecule has 0 spiro atoms. The third-order valence-corrected chi connectivity index (χ3v) is 3.89. The van der Waals surface area contributed by atoms with E-state index in [1.165, 1.54) is 12.1 Å². The van der Waals surface area contributed by atoms with E-state index in [1.54, 1.807) is 6.07 Å². The van der Waals surface area contributed by atoms with Crippen molar-refractivity contribution in [1.82, 2.24) is 9.55 Å². The van der Waals surface area contributed by atoms with Crippen molar-refractivity contribution in [2.75, 3.05) is 0 Å². The minimum atomic E-state index is -0.241. The highest BCUT2D eigenvalue weighted by atomic mass is 127. The van der Waals surface area contributed by atoms with Crippen LogP contribution >= 0.6 is 34.8 Å². The van der Waals surface area contributed by atoms with Crippen LogP contribution in [0.4, 0.5) is 4.39 Å². The van der Waals surface area contributed by atoms with Crippen LogP contribution in [0.25, 0.3) is 16.7 Å². The molecule has 3 aromatic rings. The number of aromatic amines is 1. The molecular weight excluding hydrogens is 362 g/mol. The molecule has 0 radical (unpaired) electrons. The first-order chi connectivity index (χ1) is 8.66. The summed E-state index contributed by atoms with van der Waals surface area (Å²) >= 11 is 7.45. The molecule has 0 atom stereocenters. The van der Waals surface area contributed by atoms with Crippen molar-refractivity contribution in [2.24, 2.45) is 0 Å². The fourth-order valence-corrected chi connectivity index (χ4v) is 2.98. The Labute approximate surface area is 122 Å². The van der Waals surface area contributed by atoms with Crippen LogP contribution in [0.1, 0.15) is 0 Å². The van der Waals surface area contributed by atoms with Gasteiger partial charge in [-0.3, -0.25) is 4.57 Å². The molecule has 2 aromatic carbocycles. The molecule has 0 amide bonds. The third-order valence-electron chi connectivity index (χ3n) is 2.74. The highest BCUT2D eigenvalue weighted by Crippen LogP contribution is 2.23. The molecule has 0 aliphatic heterocycles. The second kappa shape index (κ2) is 4.47. The molecule has 0 aliphatic rings. The second-order valence-corrected chi connectivity index (χ2v) is 5.43.